The minimum atomic E-state index is -5.14. The van der Waals surface area contributed by atoms with Crippen molar-refractivity contribution in [3.63, 3.8) is 0 Å². The van der Waals surface area contributed by atoms with Gasteiger partial charge >= 0.3 is 12.4 Å². The van der Waals surface area contributed by atoms with Crippen molar-refractivity contribution in [3.05, 3.63) is 140 Å². The van der Waals surface area contributed by atoms with Gasteiger partial charge in [0.05, 0.1) is 34.3 Å². The fraction of sp³-hybridized carbons (Fsp3) is 0.500. The molecule has 18 heteroatoms. The molecule has 3 amide bonds. The Labute approximate surface area is 429 Å². The smallest absolute Gasteiger partial charge is 0.416 e. The van der Waals surface area contributed by atoms with Crippen LogP contribution >= 0.6 is 23.2 Å². The van der Waals surface area contributed by atoms with E-state index in [0.29, 0.717) is 75.3 Å². The number of unbranched alkanes of at least 4 members (excludes halogenated alkanes) is 1. The molecule has 4 aromatic carbocycles. The van der Waals surface area contributed by atoms with Crippen molar-refractivity contribution in [2.24, 2.45) is 0 Å². The average Bonchev–Trinajstić information content (AvgIpc) is 3.64. The van der Waals surface area contributed by atoms with Gasteiger partial charge in [-0.05, 0) is 129 Å². The number of carbonyl (C=O) groups excluding carboxylic acids is 3. The summed E-state index contributed by atoms with van der Waals surface area (Å²) in [5, 5.41) is 0.550. The van der Waals surface area contributed by atoms with E-state index in [1.165, 1.54) is 4.90 Å². The Hall–Kier alpha value is -4.45. The number of likely N-dealkylation sites (N-methyl/N-ethyl adjacent to an activating group) is 1. The molecular weight excluding hydrogens is 998 g/mol. The van der Waals surface area contributed by atoms with Crippen LogP contribution in [0.15, 0.2) is 91.0 Å². The van der Waals surface area contributed by atoms with Crippen molar-refractivity contribution in [2.75, 3.05) is 66.1 Å². The lowest BCUT2D eigenvalue weighted by Gasteiger charge is -2.48. The zero-order chi connectivity index (χ0) is 52.4. The van der Waals surface area contributed by atoms with Gasteiger partial charge in [-0.15, -0.1) is 0 Å². The van der Waals surface area contributed by atoms with Crippen molar-refractivity contribution in [3.8, 4) is 0 Å². The first-order valence-electron chi connectivity index (χ1n) is 24.5. The van der Waals surface area contributed by atoms with Crippen molar-refractivity contribution in [1.29, 1.82) is 0 Å². The monoisotopic (exact) mass is 1060 g/mol. The predicted molar refractivity (Wildman–Crippen MR) is 270 cm³/mol. The third kappa shape index (κ3) is 12.2. The lowest BCUT2D eigenvalue weighted by atomic mass is 9.70. The molecule has 390 valence electrons. The van der Waals surface area contributed by atoms with Gasteiger partial charge < -0.3 is 28.8 Å². The minimum Gasteiger partial charge on any atom is -0.417 e. The molecule has 1 spiro atoms. The first kappa shape index (κ1) is 55.3. The van der Waals surface area contributed by atoms with Crippen LogP contribution in [-0.4, -0.2) is 118 Å². The van der Waals surface area contributed by atoms with Crippen molar-refractivity contribution >= 4 is 49.2 Å². The highest BCUT2D eigenvalue weighted by atomic mass is 35.5. The fourth-order valence-corrected chi connectivity index (χ4v) is 11.6. The van der Waals surface area contributed by atoms with Crippen molar-refractivity contribution in [2.45, 2.75) is 107 Å². The number of piperidine rings is 1. The minimum absolute atomic E-state index is 0.00176. The predicted octanol–water partition coefficient (Wildman–Crippen LogP) is 12.2. The van der Waals surface area contributed by atoms with Crippen LogP contribution in [0.5, 0.6) is 0 Å². The summed E-state index contributed by atoms with van der Waals surface area (Å²) in [5.74, 6) is -1.39. The Morgan fingerprint density at radius 3 is 2.07 bits per heavy atom. The average molecular weight is 1060 g/mol. The van der Waals surface area contributed by atoms with Crippen molar-refractivity contribution in [1.82, 2.24) is 19.6 Å². The number of carbonyl (C=O) groups is 3. The first-order chi connectivity index (χ1) is 33.7. The van der Waals surface area contributed by atoms with Gasteiger partial charge in [-0.2, -0.15) is 26.3 Å². The number of hydrogen-bond acceptors (Lipinski definition) is 6. The molecule has 4 aromatic rings. The molecule has 2 heterocycles. The number of benzene rings is 4. The molecule has 1 unspecified atom stereocenters. The highest BCUT2D eigenvalue weighted by molar-refractivity contribution is 6.74. The molecule has 0 N–H and O–H groups in total. The molecule has 3 aliphatic rings. The van der Waals surface area contributed by atoms with Crippen LogP contribution in [0.4, 0.5) is 26.3 Å². The van der Waals surface area contributed by atoms with E-state index in [1.54, 1.807) is 47.2 Å². The molecule has 1 aliphatic carbocycles. The zero-order valence-corrected chi connectivity index (χ0v) is 44.2. The number of hydrogen-bond donors (Lipinski definition) is 0. The molecule has 2 atom stereocenters. The van der Waals surface area contributed by atoms with E-state index >= 15 is 0 Å². The van der Waals surface area contributed by atoms with Gasteiger partial charge in [-0.3, -0.25) is 14.4 Å². The molecule has 2 saturated heterocycles. The van der Waals surface area contributed by atoms with Crippen LogP contribution < -0.4 is 0 Å². The summed E-state index contributed by atoms with van der Waals surface area (Å²) in [7, 11) is -0.126. The van der Waals surface area contributed by atoms with E-state index < -0.39 is 54.3 Å². The van der Waals surface area contributed by atoms with Gasteiger partial charge in [0.1, 0.15) is 12.1 Å². The highest BCUT2D eigenvalue weighted by Gasteiger charge is 2.52. The molecule has 0 bridgehead atoms. The molecule has 9 nitrogen and oxygen atoms in total. The summed E-state index contributed by atoms with van der Waals surface area (Å²) in [6, 6.07) is 22.6. The number of rotatable bonds is 15. The van der Waals surface area contributed by atoms with E-state index in [4.69, 9.17) is 32.4 Å². The second kappa shape index (κ2) is 21.8. The van der Waals surface area contributed by atoms with Crippen LogP contribution in [0.25, 0.3) is 0 Å². The van der Waals surface area contributed by atoms with Gasteiger partial charge in [0, 0.05) is 55.9 Å². The van der Waals surface area contributed by atoms with Gasteiger partial charge in [0.15, 0.2) is 8.32 Å². The number of amides is 3. The van der Waals surface area contributed by atoms with Crippen molar-refractivity contribution < 1.29 is 49.9 Å². The maximum Gasteiger partial charge on any atom is 0.416 e. The summed E-state index contributed by atoms with van der Waals surface area (Å²) >= 11 is 12.9. The number of fused-ring (bicyclic) bond motifs is 2. The third-order valence-corrected chi connectivity index (χ3v) is 20.8. The Morgan fingerprint density at radius 2 is 1.44 bits per heavy atom. The fourth-order valence-electron chi connectivity index (χ4n) is 10.2. The molecule has 0 aromatic heterocycles. The molecule has 0 radical (unpaired) electrons. The molecule has 2 aliphatic heterocycles. The van der Waals surface area contributed by atoms with Gasteiger partial charge in [0.25, 0.3) is 11.8 Å². The summed E-state index contributed by atoms with van der Waals surface area (Å²) < 4.78 is 96.2. The van der Waals surface area contributed by atoms with Crippen LogP contribution in [0.3, 0.4) is 0 Å². The number of halogens is 8. The topological polar surface area (TPSA) is 82.6 Å². The lowest BCUT2D eigenvalue weighted by Crippen LogP contribution is -2.58. The van der Waals surface area contributed by atoms with Crippen LogP contribution in [-0.2, 0) is 43.7 Å². The Kier molecular flexibility index (Phi) is 16.7. The zero-order valence-electron chi connectivity index (χ0n) is 41.7. The number of ether oxygens (including phenoxy) is 1. The molecule has 72 heavy (non-hydrogen) atoms. The van der Waals surface area contributed by atoms with E-state index in [-0.39, 0.29) is 71.7 Å². The maximum atomic E-state index is 14.8. The van der Waals surface area contributed by atoms with Crippen LogP contribution in [0, 0.1) is 0 Å². The molecule has 2 fully saturated rings. The van der Waals surface area contributed by atoms with E-state index in [1.807, 2.05) is 30.3 Å². The summed E-state index contributed by atoms with van der Waals surface area (Å²) in [6.45, 7) is 13.3. The quantitative estimate of drug-likeness (QED) is 0.0670. The second-order valence-electron chi connectivity index (χ2n) is 21.0. The molecule has 7 rings (SSSR count). The second-order valence-corrected chi connectivity index (χ2v) is 26.7. The number of morpholine rings is 1. The maximum absolute atomic E-state index is 14.8. The van der Waals surface area contributed by atoms with Crippen LogP contribution in [0.2, 0.25) is 28.2 Å². The summed E-state index contributed by atoms with van der Waals surface area (Å²) in [5.41, 5.74) is -2.42. The molecule has 0 saturated carbocycles. The third-order valence-electron chi connectivity index (χ3n) is 15.5. The van der Waals surface area contributed by atoms with E-state index in [9.17, 15) is 40.7 Å². The van der Waals surface area contributed by atoms with E-state index in [0.717, 1.165) is 24.0 Å². The van der Waals surface area contributed by atoms with Crippen LogP contribution in [0.1, 0.15) is 101 Å². The number of alkyl halides is 6. The Bertz CT molecular complexity index is 2550. The van der Waals surface area contributed by atoms with Gasteiger partial charge in [-0.25, -0.2) is 0 Å². The lowest BCUT2D eigenvalue weighted by molar-refractivity contribution is -0.143. The highest BCUT2D eigenvalue weighted by Crippen LogP contribution is 2.49. The SMILES string of the molecule is CN(CCCCO[Si](C)(C)C(C)(C)C)C(=O)CN(C(=O)c1ccccc1)C1Cc2ccccc2C12CCN(CC[C@@]1(c3ccc(Cl)c(Cl)c3)CN(C(=O)c3cc(C(F)(F)F)cc(C(F)(F)F)c3)CCO1)CC2. The van der Waals surface area contributed by atoms with Gasteiger partial charge in [0.2, 0.25) is 5.91 Å². The van der Waals surface area contributed by atoms with Gasteiger partial charge in [-0.1, -0.05) is 92.5 Å². The largest absolute Gasteiger partial charge is 0.417 e. The Balaban J connectivity index is 1.11. The first-order valence-corrected chi connectivity index (χ1v) is 28.1. The number of likely N-dealkylation sites (tertiary alicyclic amines) is 1. The normalized spacial score (nSPS) is 19.6. The summed E-state index contributed by atoms with van der Waals surface area (Å²) in [6.07, 6.45) is -6.63. The van der Waals surface area contributed by atoms with E-state index in [2.05, 4.69) is 50.9 Å². The number of nitrogens with zero attached hydrogens (tertiary/aromatic N) is 4. The standard InChI is InChI=1S/C54H64Cl2F6N4O5Si/c1-50(2,3)72(5,6)71-28-13-12-23-63(4)47(67)35-66(49(69)37-14-8-7-9-15-37)46-32-38-16-10-11-17-43(38)51(46)20-24-64(25-21-51)26-22-52(40-18-19-44(55)45(56)34-40)36-65(27-29-70-52)48(68)39-30-41(53(57,58)59)33-42(31-39)54(60,61)62/h7-11,14-19,30-31,33-34,46H,12-13,20-29,32,35-36H2,1-6H3/t46?,52-/m0/s1. The summed E-state index contributed by atoms with van der Waals surface area (Å²) in [4.78, 5) is 50.0. The molecular formula is C54H64Cl2F6N4O5Si. The Morgan fingerprint density at radius 1 is 0.806 bits per heavy atom.